The highest BCUT2D eigenvalue weighted by Gasteiger charge is 2.11. The quantitative estimate of drug-likeness (QED) is 0.877. The number of nitrogens with zero attached hydrogens (tertiary/aromatic N) is 2. The molecule has 0 saturated carbocycles. The molecule has 0 aliphatic carbocycles. The van der Waals surface area contributed by atoms with Crippen LogP contribution in [0.4, 0.5) is 0 Å². The molecule has 0 aliphatic rings. The second-order valence-electron chi connectivity index (χ2n) is 4.03. The Morgan fingerprint density at radius 1 is 1.44 bits per heavy atom. The molecule has 0 radical (unpaired) electrons. The lowest BCUT2D eigenvalue weighted by atomic mass is 10.2. The summed E-state index contributed by atoms with van der Waals surface area (Å²) in [6.07, 6.45) is -0.133. The topological polar surface area (TPSA) is 68.4 Å². The van der Waals surface area contributed by atoms with E-state index in [2.05, 4.69) is 10.1 Å². The summed E-state index contributed by atoms with van der Waals surface area (Å²) in [5.74, 6) is 1.71. The van der Waals surface area contributed by atoms with Gasteiger partial charge in [-0.05, 0) is 26.0 Å². The van der Waals surface area contributed by atoms with E-state index in [9.17, 15) is 5.11 Å². The lowest BCUT2D eigenvalue weighted by molar-refractivity contribution is 0.181. The molecule has 0 bridgehead atoms. The minimum atomic E-state index is -0.493. The second-order valence-corrected chi connectivity index (χ2v) is 4.03. The Balaban J connectivity index is 2.20. The fourth-order valence-electron chi connectivity index (χ4n) is 1.60. The van der Waals surface area contributed by atoms with Crippen molar-refractivity contribution >= 4 is 0 Å². The number of aliphatic hydroxyl groups is 1. The van der Waals surface area contributed by atoms with E-state index >= 15 is 0 Å². The van der Waals surface area contributed by atoms with Gasteiger partial charge in [-0.3, -0.25) is 0 Å². The first-order chi connectivity index (χ1) is 8.69. The fraction of sp³-hybridized carbons (Fsp3) is 0.385. The van der Waals surface area contributed by atoms with Crippen LogP contribution in [0.5, 0.6) is 5.75 Å². The third kappa shape index (κ3) is 3.07. The fourth-order valence-corrected chi connectivity index (χ4v) is 1.60. The Kier molecular flexibility index (Phi) is 3.94. The van der Waals surface area contributed by atoms with Crippen molar-refractivity contribution in [2.24, 2.45) is 0 Å². The van der Waals surface area contributed by atoms with E-state index in [1.165, 1.54) is 0 Å². The average Bonchev–Trinajstić information content (AvgIpc) is 2.77. The van der Waals surface area contributed by atoms with Crippen LogP contribution in [0.3, 0.4) is 0 Å². The SMILES string of the molecule is CCOc1cccc(-c2noc(CC(C)O)n2)c1. The van der Waals surface area contributed by atoms with Gasteiger partial charge in [0.2, 0.25) is 11.7 Å². The van der Waals surface area contributed by atoms with Gasteiger partial charge >= 0.3 is 0 Å². The van der Waals surface area contributed by atoms with Crippen molar-refractivity contribution in [3.05, 3.63) is 30.2 Å². The Labute approximate surface area is 105 Å². The third-order valence-electron chi connectivity index (χ3n) is 2.34. The summed E-state index contributed by atoms with van der Waals surface area (Å²) in [6, 6.07) is 7.51. The predicted octanol–water partition coefficient (Wildman–Crippen LogP) is 2.06. The second kappa shape index (κ2) is 5.64. The first-order valence-corrected chi connectivity index (χ1v) is 5.93. The molecule has 0 aliphatic heterocycles. The molecule has 96 valence electrons. The maximum atomic E-state index is 9.25. The van der Waals surface area contributed by atoms with E-state index in [0.29, 0.717) is 24.7 Å². The Morgan fingerprint density at radius 3 is 3.00 bits per heavy atom. The van der Waals surface area contributed by atoms with Crippen LogP contribution in [0.1, 0.15) is 19.7 Å². The van der Waals surface area contributed by atoms with Gasteiger partial charge in [-0.2, -0.15) is 4.98 Å². The normalized spacial score (nSPS) is 12.4. The molecule has 0 fully saturated rings. The third-order valence-corrected chi connectivity index (χ3v) is 2.34. The van der Waals surface area contributed by atoms with Crippen molar-refractivity contribution in [1.29, 1.82) is 0 Å². The lowest BCUT2D eigenvalue weighted by Crippen LogP contribution is -2.04. The van der Waals surface area contributed by atoms with Crippen LogP contribution in [0.15, 0.2) is 28.8 Å². The summed E-state index contributed by atoms with van der Waals surface area (Å²) in [5, 5.41) is 13.1. The zero-order chi connectivity index (χ0) is 13.0. The minimum Gasteiger partial charge on any atom is -0.494 e. The molecule has 1 atom stereocenters. The molecule has 0 amide bonds. The zero-order valence-corrected chi connectivity index (χ0v) is 10.5. The largest absolute Gasteiger partial charge is 0.494 e. The molecular formula is C13H16N2O3. The predicted molar refractivity (Wildman–Crippen MR) is 66.3 cm³/mol. The summed E-state index contributed by atoms with van der Waals surface area (Å²) in [5.41, 5.74) is 0.835. The van der Waals surface area contributed by atoms with Gasteiger partial charge < -0.3 is 14.4 Å². The van der Waals surface area contributed by atoms with Crippen molar-refractivity contribution in [2.75, 3.05) is 6.61 Å². The molecule has 2 rings (SSSR count). The van der Waals surface area contributed by atoms with Crippen LogP contribution < -0.4 is 4.74 Å². The van der Waals surface area contributed by atoms with E-state index in [1.807, 2.05) is 31.2 Å². The van der Waals surface area contributed by atoms with Gasteiger partial charge in [0.05, 0.1) is 19.1 Å². The average molecular weight is 248 g/mol. The lowest BCUT2D eigenvalue weighted by Gasteiger charge is -2.03. The Morgan fingerprint density at radius 2 is 2.28 bits per heavy atom. The van der Waals surface area contributed by atoms with Gasteiger partial charge in [0, 0.05) is 5.56 Å². The molecule has 5 heteroatoms. The van der Waals surface area contributed by atoms with Gasteiger partial charge in [-0.25, -0.2) is 0 Å². The first-order valence-electron chi connectivity index (χ1n) is 5.93. The molecule has 18 heavy (non-hydrogen) atoms. The monoisotopic (exact) mass is 248 g/mol. The van der Waals surface area contributed by atoms with E-state index in [-0.39, 0.29) is 0 Å². The van der Waals surface area contributed by atoms with Crippen molar-refractivity contribution in [3.63, 3.8) is 0 Å². The molecular weight excluding hydrogens is 232 g/mol. The maximum Gasteiger partial charge on any atom is 0.229 e. The molecule has 0 spiro atoms. The van der Waals surface area contributed by atoms with Gasteiger partial charge in [-0.15, -0.1) is 0 Å². The van der Waals surface area contributed by atoms with Crippen LogP contribution in [0.25, 0.3) is 11.4 Å². The highest BCUT2D eigenvalue weighted by molar-refractivity contribution is 5.56. The van der Waals surface area contributed by atoms with Crippen LogP contribution in [-0.2, 0) is 6.42 Å². The number of benzene rings is 1. The zero-order valence-electron chi connectivity index (χ0n) is 10.5. The van der Waals surface area contributed by atoms with E-state index in [0.717, 1.165) is 11.3 Å². The first kappa shape index (κ1) is 12.6. The van der Waals surface area contributed by atoms with Crippen molar-refractivity contribution in [2.45, 2.75) is 26.4 Å². The number of aromatic nitrogens is 2. The standard InChI is InChI=1S/C13H16N2O3/c1-3-17-11-6-4-5-10(8-11)13-14-12(18-15-13)7-9(2)16/h4-6,8-9,16H,3,7H2,1-2H3. The summed E-state index contributed by atoms with van der Waals surface area (Å²) in [7, 11) is 0. The molecule has 5 nitrogen and oxygen atoms in total. The molecule has 1 N–H and O–H groups in total. The Bertz CT molecular complexity index is 508. The number of aliphatic hydroxyl groups excluding tert-OH is 1. The summed E-state index contributed by atoms with van der Waals surface area (Å²) >= 11 is 0. The van der Waals surface area contributed by atoms with Gasteiger partial charge in [0.1, 0.15) is 5.75 Å². The maximum absolute atomic E-state index is 9.25. The highest BCUT2D eigenvalue weighted by Crippen LogP contribution is 2.21. The molecule has 1 aromatic carbocycles. The molecule has 0 saturated heterocycles. The van der Waals surface area contributed by atoms with Gasteiger partial charge in [0.15, 0.2) is 0 Å². The van der Waals surface area contributed by atoms with Crippen LogP contribution in [0, 0.1) is 0 Å². The number of hydrogen-bond donors (Lipinski definition) is 1. The van der Waals surface area contributed by atoms with Crippen LogP contribution in [0.2, 0.25) is 0 Å². The van der Waals surface area contributed by atoms with Gasteiger partial charge in [0.25, 0.3) is 0 Å². The van der Waals surface area contributed by atoms with E-state index < -0.39 is 6.10 Å². The highest BCUT2D eigenvalue weighted by atomic mass is 16.5. The minimum absolute atomic E-state index is 0.359. The summed E-state index contributed by atoms with van der Waals surface area (Å²) < 4.78 is 10.5. The van der Waals surface area contributed by atoms with E-state index in [1.54, 1.807) is 6.92 Å². The summed E-state index contributed by atoms with van der Waals surface area (Å²) in [6.45, 7) is 4.23. The smallest absolute Gasteiger partial charge is 0.229 e. The number of rotatable bonds is 5. The van der Waals surface area contributed by atoms with Crippen molar-refractivity contribution in [1.82, 2.24) is 10.1 Å². The van der Waals surface area contributed by atoms with Gasteiger partial charge in [-0.1, -0.05) is 17.3 Å². The summed E-state index contributed by atoms with van der Waals surface area (Å²) in [4.78, 5) is 4.23. The van der Waals surface area contributed by atoms with Crippen LogP contribution >= 0.6 is 0 Å². The molecule has 1 unspecified atom stereocenters. The number of ether oxygens (including phenoxy) is 1. The van der Waals surface area contributed by atoms with Crippen molar-refractivity contribution in [3.8, 4) is 17.1 Å². The van der Waals surface area contributed by atoms with Crippen LogP contribution in [-0.4, -0.2) is 28.0 Å². The molecule has 1 heterocycles. The molecule has 2 aromatic rings. The number of hydrogen-bond acceptors (Lipinski definition) is 5. The molecule has 1 aromatic heterocycles. The van der Waals surface area contributed by atoms with Crippen molar-refractivity contribution < 1.29 is 14.4 Å². The van der Waals surface area contributed by atoms with E-state index in [4.69, 9.17) is 9.26 Å². The Hall–Kier alpha value is -1.88.